The van der Waals surface area contributed by atoms with Crippen molar-refractivity contribution in [1.29, 1.82) is 0 Å². The summed E-state index contributed by atoms with van der Waals surface area (Å²) in [4.78, 5) is 87.3. The summed E-state index contributed by atoms with van der Waals surface area (Å²) in [5, 5.41) is 12.1. The Hall–Kier alpha value is -3.37. The number of esters is 2. The first-order valence-corrected chi connectivity index (χ1v) is 36.5. The maximum Gasteiger partial charge on any atom is 0.329 e. The molecule has 4 rings (SSSR count). The van der Waals surface area contributed by atoms with Gasteiger partial charge in [-0.2, -0.15) is 0 Å². The van der Waals surface area contributed by atoms with E-state index in [9.17, 15) is 29.1 Å². The van der Waals surface area contributed by atoms with Crippen LogP contribution in [0.1, 0.15) is 179 Å². The van der Waals surface area contributed by atoms with Crippen molar-refractivity contribution in [3.05, 3.63) is 36.0 Å². The van der Waals surface area contributed by atoms with Crippen molar-refractivity contribution in [2.24, 2.45) is 40.9 Å². The summed E-state index contributed by atoms with van der Waals surface area (Å²) in [5.41, 5.74) is 1.76. The van der Waals surface area contributed by atoms with Gasteiger partial charge in [-0.3, -0.25) is 24.0 Å². The molecule has 0 aromatic carbocycles. The zero-order valence-electron chi connectivity index (χ0n) is 53.7. The summed E-state index contributed by atoms with van der Waals surface area (Å²) in [6.45, 7) is 34.8. The second kappa shape index (κ2) is 31.3. The van der Waals surface area contributed by atoms with Crippen LogP contribution in [0.25, 0.3) is 0 Å². The second-order valence-electron chi connectivity index (χ2n) is 27.8. The quantitative estimate of drug-likeness (QED) is 0.0446. The first-order chi connectivity index (χ1) is 38.2. The number of aliphatic hydroxyl groups is 1. The van der Waals surface area contributed by atoms with Crippen molar-refractivity contribution >= 4 is 52.7 Å². The predicted octanol–water partition coefficient (Wildman–Crippen LogP) is 11.4. The van der Waals surface area contributed by atoms with Gasteiger partial charge in [-0.1, -0.05) is 86.1 Å². The number of allylic oxidation sites excluding steroid dienone is 4. The number of rotatable bonds is 18. The summed E-state index contributed by atoms with van der Waals surface area (Å²) in [6, 6.07) is -1.17. The van der Waals surface area contributed by atoms with E-state index in [1.165, 1.54) is 4.90 Å². The molecule has 0 aromatic rings. The van der Waals surface area contributed by atoms with E-state index in [-0.39, 0.29) is 78.2 Å². The largest absolute Gasteiger partial charge is 0.522 e. The van der Waals surface area contributed by atoms with Gasteiger partial charge < -0.3 is 47.3 Å². The Morgan fingerprint density at radius 2 is 1.54 bits per heavy atom. The lowest BCUT2D eigenvalue weighted by molar-refractivity contribution is -0.302. The minimum absolute atomic E-state index is 0.00516. The fraction of sp³-hybridized carbons (Fsp3) is 0.812. The molecule has 2 bridgehead atoms. The number of hydrogen-bond donors (Lipinski definition) is 1. The normalized spacial score (nSPS) is 33.1. The number of piperidine rings is 1. The van der Waals surface area contributed by atoms with Crippen LogP contribution in [0.3, 0.4) is 0 Å². The first kappa shape index (κ1) is 71.1. The SMILES string of the molecule is C=CCC1/C=C(\C)CC(C)CC(OC)C2OC(O)(C(=O)C(=O)N3CCCCC3C(=O)OC(C(C)=CC3CCC(OC(=O)CCCC(CCC(C)(C)C)C(=O)O[SiH](C)C)C(OC)C3)C(C)C(O[Si](C)(C)C(C)(C)C)CC1=O)C(C)CC2OC. The number of ether oxygens (including phenoxy) is 6. The number of Topliss-reactive ketones (excluding diaryl/α,β-unsaturated/α-hetero) is 2. The lowest BCUT2D eigenvalue weighted by Gasteiger charge is -2.47. The molecule has 18 heteroatoms. The highest BCUT2D eigenvalue weighted by atomic mass is 28.4. The Morgan fingerprint density at radius 1 is 0.890 bits per heavy atom. The molecular formula is C64H109NO15Si2. The van der Waals surface area contributed by atoms with E-state index in [4.69, 9.17) is 37.3 Å². The van der Waals surface area contributed by atoms with Crippen LogP contribution < -0.4 is 0 Å². The molecule has 468 valence electrons. The van der Waals surface area contributed by atoms with Crippen LogP contribution in [-0.2, 0) is 66.0 Å². The van der Waals surface area contributed by atoms with Crippen molar-refractivity contribution in [1.82, 2.24) is 4.90 Å². The van der Waals surface area contributed by atoms with E-state index >= 15 is 4.79 Å². The third-order valence-electron chi connectivity index (χ3n) is 18.2. The van der Waals surface area contributed by atoms with Gasteiger partial charge in [-0.15, -0.1) is 6.58 Å². The van der Waals surface area contributed by atoms with Gasteiger partial charge in [-0.05, 0) is 158 Å². The molecule has 15 unspecified atom stereocenters. The van der Waals surface area contributed by atoms with Gasteiger partial charge in [-0.25, -0.2) is 4.79 Å². The molecule has 3 aliphatic heterocycles. The number of carbonyl (C=O) groups excluding carboxylic acids is 6. The molecule has 1 saturated carbocycles. The average Bonchev–Trinajstić information content (AvgIpc) is 3.49. The second-order valence-corrected chi connectivity index (χ2v) is 34.8. The number of ketones is 2. The van der Waals surface area contributed by atoms with Gasteiger partial charge in [0.05, 0.1) is 30.3 Å². The van der Waals surface area contributed by atoms with E-state index < -0.39 is 107 Å². The highest BCUT2D eigenvalue weighted by Crippen LogP contribution is 2.42. The number of carbonyl (C=O) groups is 6. The maximum absolute atomic E-state index is 15.1. The Kier molecular flexibility index (Phi) is 27.2. The highest BCUT2D eigenvalue weighted by molar-refractivity contribution is 6.74. The van der Waals surface area contributed by atoms with E-state index in [1.54, 1.807) is 34.3 Å². The monoisotopic (exact) mass is 1190 g/mol. The maximum atomic E-state index is 15.1. The molecule has 0 aromatic heterocycles. The fourth-order valence-electron chi connectivity index (χ4n) is 12.3. The molecule has 15 atom stereocenters. The summed E-state index contributed by atoms with van der Waals surface area (Å²) >= 11 is 0. The van der Waals surface area contributed by atoms with Crippen LogP contribution >= 0.6 is 0 Å². The zero-order chi connectivity index (χ0) is 61.7. The summed E-state index contributed by atoms with van der Waals surface area (Å²) in [7, 11) is 0.484. The average molecular weight is 1190 g/mol. The molecule has 1 N–H and O–H groups in total. The number of hydrogen-bond acceptors (Lipinski definition) is 15. The van der Waals surface area contributed by atoms with E-state index in [0.29, 0.717) is 76.2 Å². The molecular weight excluding hydrogens is 1080 g/mol. The molecule has 3 fully saturated rings. The van der Waals surface area contributed by atoms with Crippen LogP contribution in [0.2, 0.25) is 31.2 Å². The third-order valence-corrected chi connectivity index (χ3v) is 23.4. The summed E-state index contributed by atoms with van der Waals surface area (Å²) < 4.78 is 50.2. The smallest absolute Gasteiger partial charge is 0.329 e. The Morgan fingerprint density at radius 3 is 2.13 bits per heavy atom. The first-order valence-electron chi connectivity index (χ1n) is 30.8. The van der Waals surface area contributed by atoms with Gasteiger partial charge in [0, 0.05) is 58.5 Å². The summed E-state index contributed by atoms with van der Waals surface area (Å²) in [5.74, 6) is -8.34. The minimum atomic E-state index is -2.63. The molecule has 1 amide bonds. The van der Waals surface area contributed by atoms with E-state index in [0.717, 1.165) is 12.0 Å². The van der Waals surface area contributed by atoms with Crippen molar-refractivity contribution in [2.45, 2.75) is 265 Å². The standard InChI is InChI=1S/C64H109NO15Si2/c1-20-24-47-34-40(2)33-41(3)35-53(74-14)57-54(75-15)37-43(5)64(72,78-57)58(68)59(69)65-32-22-21-26-48(65)61(71)77-56(44(6)51(39-49(47)66)80-82(18,19)63(10,11)12)42(4)36-45-28-29-50(52(38-45)73-13)76-55(67)27-23-25-46(30-31-62(7,8)9)60(70)79-81(16)17/h20,34,36,41,43-48,50-54,56-57,72,81H,1,21-33,35,37-39H2,2-19H3/b40-34+,42-36?. The van der Waals surface area contributed by atoms with Gasteiger partial charge in [0.1, 0.15) is 30.1 Å². The minimum Gasteiger partial charge on any atom is -0.522 e. The summed E-state index contributed by atoms with van der Waals surface area (Å²) in [6.07, 6.45) is 8.55. The lowest BCUT2D eigenvalue weighted by Crippen LogP contribution is -2.64. The number of fused-ring (bicyclic) bond motifs is 3. The van der Waals surface area contributed by atoms with Gasteiger partial charge in [0.15, 0.2) is 8.32 Å². The Balaban J connectivity index is 1.76. The van der Waals surface area contributed by atoms with Gasteiger partial charge >= 0.3 is 11.9 Å². The Labute approximate surface area is 496 Å². The van der Waals surface area contributed by atoms with Crippen LogP contribution in [0.15, 0.2) is 36.0 Å². The topological polar surface area (TPSA) is 200 Å². The van der Waals surface area contributed by atoms with Gasteiger partial charge in [0.25, 0.3) is 17.7 Å². The van der Waals surface area contributed by atoms with E-state index in [1.807, 2.05) is 39.9 Å². The number of methoxy groups -OCH3 is 3. The number of amides is 1. The molecule has 0 spiro atoms. The molecule has 82 heavy (non-hydrogen) atoms. The predicted molar refractivity (Wildman–Crippen MR) is 324 cm³/mol. The van der Waals surface area contributed by atoms with Crippen LogP contribution in [0.5, 0.6) is 0 Å². The highest BCUT2D eigenvalue weighted by Gasteiger charge is 2.57. The third kappa shape index (κ3) is 19.8. The molecule has 4 aliphatic rings. The van der Waals surface area contributed by atoms with Crippen molar-refractivity contribution in [3.63, 3.8) is 0 Å². The lowest BCUT2D eigenvalue weighted by atomic mass is 9.81. The molecule has 0 radical (unpaired) electrons. The van der Waals surface area contributed by atoms with Crippen molar-refractivity contribution in [2.75, 3.05) is 27.9 Å². The Bertz CT molecular complexity index is 2220. The van der Waals surface area contributed by atoms with Crippen LogP contribution in [0.4, 0.5) is 0 Å². The number of nitrogens with zero attached hydrogens (tertiary/aromatic N) is 1. The molecule has 1 aliphatic carbocycles. The van der Waals surface area contributed by atoms with Crippen molar-refractivity contribution in [3.8, 4) is 0 Å². The molecule has 16 nitrogen and oxygen atoms in total. The van der Waals surface area contributed by atoms with E-state index in [2.05, 4.69) is 74.2 Å². The number of cyclic esters (lactones) is 1. The fourth-order valence-corrected chi connectivity index (χ4v) is 14.3. The zero-order valence-corrected chi connectivity index (χ0v) is 55.9. The van der Waals surface area contributed by atoms with Crippen LogP contribution in [0, 0.1) is 40.9 Å². The molecule has 2 saturated heterocycles. The van der Waals surface area contributed by atoms with Crippen molar-refractivity contribution < 1.29 is 71.1 Å². The van der Waals surface area contributed by atoms with Crippen LogP contribution in [-0.4, -0.2) is 145 Å². The molecule has 3 heterocycles. The van der Waals surface area contributed by atoms with Gasteiger partial charge in [0.2, 0.25) is 14.8 Å².